The number of fused-ring (bicyclic) bond motifs is 2. The van der Waals surface area contributed by atoms with Crippen molar-refractivity contribution in [2.24, 2.45) is 23.0 Å². The number of carbonyl (C=O) groups is 2. The molecule has 0 bridgehead atoms. The van der Waals surface area contributed by atoms with Gasteiger partial charge in [0.1, 0.15) is 29.2 Å². The molecule has 64 heavy (non-hydrogen) atoms. The van der Waals surface area contributed by atoms with Crippen molar-refractivity contribution in [1.82, 2.24) is 14.5 Å². The minimum Gasteiger partial charge on any atom is -0.492 e. The first kappa shape index (κ1) is 48.0. The van der Waals surface area contributed by atoms with Gasteiger partial charge in [0.25, 0.3) is 0 Å². The monoisotopic (exact) mass is 917 g/mol. The van der Waals surface area contributed by atoms with Crippen LogP contribution in [0.3, 0.4) is 0 Å². The lowest BCUT2D eigenvalue weighted by Gasteiger charge is -2.26. The number of halogens is 9. The SMILES string of the molecule is CC1(C)CNC[C@H]1CF.COc1c(F)c(F)cc2c(=O)c(C(=O)OB(F)F)cn([C@@H]3C[C@@H]3F)c12.COc1c(N2C[C@@H](CF)[C@@](C)(N)C2)c(F)cc2c(=O)c(C(=O)O)cn([C@@H]3C[C@@H]3F)c12. The van der Waals surface area contributed by atoms with Crippen LogP contribution < -0.4 is 36.3 Å². The lowest BCUT2D eigenvalue weighted by atomic mass is 9.83. The van der Waals surface area contributed by atoms with Crippen molar-refractivity contribution in [3.8, 4) is 11.5 Å². The van der Waals surface area contributed by atoms with E-state index in [0.717, 1.165) is 43.2 Å². The number of hydrogen-bond acceptors (Lipinski definition) is 10. The van der Waals surface area contributed by atoms with Gasteiger partial charge in [-0.2, -0.15) is 4.39 Å². The fraction of sp³-hybridized carbons (Fsp3) is 0.512. The van der Waals surface area contributed by atoms with Crippen LogP contribution in [-0.4, -0.2) is 105 Å². The van der Waals surface area contributed by atoms with Crippen LogP contribution in [0.4, 0.5) is 45.1 Å². The van der Waals surface area contributed by atoms with Crippen molar-refractivity contribution in [2.75, 3.05) is 58.6 Å². The van der Waals surface area contributed by atoms with E-state index in [9.17, 15) is 59.3 Å². The Labute approximate surface area is 359 Å². The largest absolute Gasteiger partial charge is 0.798 e. The van der Waals surface area contributed by atoms with Crippen molar-refractivity contribution >= 4 is 46.9 Å². The number of benzene rings is 2. The maximum absolute atomic E-state index is 15.2. The second kappa shape index (κ2) is 18.2. The Bertz CT molecular complexity index is 2600. The normalized spacial score (nSPS) is 25.3. The highest BCUT2D eigenvalue weighted by molar-refractivity contribution is 6.38. The van der Waals surface area contributed by atoms with Crippen LogP contribution >= 0.6 is 0 Å². The summed E-state index contributed by atoms with van der Waals surface area (Å²) in [5.41, 5.74) is 1.80. The summed E-state index contributed by atoms with van der Waals surface area (Å²) in [6.45, 7) is 7.12. The summed E-state index contributed by atoms with van der Waals surface area (Å²) in [6, 6.07) is -0.124. The van der Waals surface area contributed by atoms with Gasteiger partial charge in [-0.15, -0.1) is 0 Å². The molecular weight excluding hydrogens is 872 g/mol. The third-order valence-electron chi connectivity index (χ3n) is 12.2. The average molecular weight is 918 g/mol. The van der Waals surface area contributed by atoms with E-state index in [2.05, 4.69) is 23.8 Å². The Kier molecular flexibility index (Phi) is 13.7. The fourth-order valence-corrected chi connectivity index (χ4v) is 8.12. The number of carboxylic acids is 1. The van der Waals surface area contributed by atoms with Crippen LogP contribution in [0.2, 0.25) is 0 Å². The Balaban J connectivity index is 0.000000180. The molecular formula is C41H45BF9N5O8. The molecule has 4 aliphatic rings. The van der Waals surface area contributed by atoms with Crippen molar-refractivity contribution in [1.29, 1.82) is 0 Å². The average Bonchev–Trinajstić information content (AvgIpc) is 4.08. The lowest BCUT2D eigenvalue weighted by molar-refractivity contribution is 0.0682. The topological polar surface area (TPSA) is 167 Å². The Hall–Kier alpha value is -5.45. The van der Waals surface area contributed by atoms with Gasteiger partial charge in [0.2, 0.25) is 16.7 Å². The van der Waals surface area contributed by atoms with E-state index in [1.54, 1.807) is 11.8 Å². The molecule has 2 aliphatic carbocycles. The molecule has 2 aromatic heterocycles. The molecule has 2 saturated heterocycles. The maximum atomic E-state index is 15.2. The zero-order chi connectivity index (χ0) is 47.3. The molecule has 348 valence electrons. The number of alkyl halides is 4. The Morgan fingerprint density at radius 1 is 0.859 bits per heavy atom. The number of nitrogens with one attached hydrogen (secondary N) is 1. The van der Waals surface area contributed by atoms with Crippen LogP contribution in [0.25, 0.3) is 21.8 Å². The van der Waals surface area contributed by atoms with Gasteiger partial charge in [0, 0.05) is 68.8 Å². The first-order valence-corrected chi connectivity index (χ1v) is 20.0. The van der Waals surface area contributed by atoms with Gasteiger partial charge in [-0.3, -0.25) is 18.4 Å². The van der Waals surface area contributed by atoms with E-state index >= 15 is 4.39 Å². The molecule has 23 heteroatoms. The second-order valence-electron chi connectivity index (χ2n) is 17.1. The summed E-state index contributed by atoms with van der Waals surface area (Å²) in [4.78, 5) is 49.8. The third kappa shape index (κ3) is 9.09. The quantitative estimate of drug-likeness (QED) is 0.124. The number of aromatic carboxylic acids is 1. The van der Waals surface area contributed by atoms with Gasteiger partial charge >= 0.3 is 19.4 Å². The predicted molar refractivity (Wildman–Crippen MR) is 217 cm³/mol. The van der Waals surface area contributed by atoms with E-state index in [-0.39, 0.29) is 71.8 Å². The van der Waals surface area contributed by atoms with Crippen molar-refractivity contribution < 1.29 is 68.2 Å². The first-order valence-electron chi connectivity index (χ1n) is 20.0. The van der Waals surface area contributed by atoms with Gasteiger partial charge in [0.15, 0.2) is 23.1 Å². The second-order valence-corrected chi connectivity index (χ2v) is 17.1. The Morgan fingerprint density at radius 3 is 1.78 bits per heavy atom. The van der Waals surface area contributed by atoms with E-state index < -0.39 is 113 Å². The van der Waals surface area contributed by atoms with Crippen LogP contribution in [0, 0.1) is 34.7 Å². The summed E-state index contributed by atoms with van der Waals surface area (Å²) < 4.78 is 137. The van der Waals surface area contributed by atoms with Crippen molar-refractivity contribution in [3.05, 3.63) is 73.6 Å². The molecule has 7 atom stereocenters. The van der Waals surface area contributed by atoms with Crippen LogP contribution in [0.1, 0.15) is 66.4 Å². The summed E-state index contributed by atoms with van der Waals surface area (Å²) in [5.74, 6) is -7.80. The third-order valence-corrected chi connectivity index (χ3v) is 12.2. The zero-order valence-corrected chi connectivity index (χ0v) is 35.1. The summed E-state index contributed by atoms with van der Waals surface area (Å²) in [6.07, 6.45) is -0.583. The molecule has 0 amide bonds. The minimum atomic E-state index is -3.48. The fourth-order valence-electron chi connectivity index (χ4n) is 8.12. The van der Waals surface area contributed by atoms with Crippen molar-refractivity contribution in [3.63, 3.8) is 0 Å². The van der Waals surface area contributed by atoms with E-state index in [1.165, 1.54) is 11.7 Å². The zero-order valence-electron chi connectivity index (χ0n) is 35.1. The molecule has 2 aromatic carbocycles. The molecule has 2 aliphatic heterocycles. The number of rotatable bonds is 10. The molecule has 0 radical (unpaired) electrons. The number of aromatic nitrogens is 2. The molecule has 8 rings (SSSR count). The Morgan fingerprint density at radius 2 is 1.36 bits per heavy atom. The molecule has 0 unspecified atom stereocenters. The molecule has 4 fully saturated rings. The number of pyridine rings is 2. The van der Waals surface area contributed by atoms with Gasteiger partial charge in [0.05, 0.1) is 61.5 Å². The highest BCUT2D eigenvalue weighted by atomic mass is 19.2. The van der Waals surface area contributed by atoms with Crippen LogP contribution in [0.5, 0.6) is 11.5 Å². The predicted octanol–water partition coefficient (Wildman–Crippen LogP) is 6.11. The van der Waals surface area contributed by atoms with Gasteiger partial charge in [-0.1, -0.05) is 13.8 Å². The first-order chi connectivity index (χ1) is 30.0. The molecule has 0 spiro atoms. The highest BCUT2D eigenvalue weighted by Crippen LogP contribution is 2.47. The van der Waals surface area contributed by atoms with E-state index in [4.69, 9.17) is 15.2 Å². The number of ether oxygens (including phenoxy) is 2. The van der Waals surface area contributed by atoms with Crippen LogP contribution in [-0.2, 0) is 4.65 Å². The number of methoxy groups -OCH3 is 2. The summed E-state index contributed by atoms with van der Waals surface area (Å²) in [5, 5.41) is 11.8. The number of nitrogens with two attached hydrogens (primary N) is 1. The van der Waals surface area contributed by atoms with E-state index in [1.807, 2.05) is 0 Å². The van der Waals surface area contributed by atoms with E-state index in [0.29, 0.717) is 6.07 Å². The van der Waals surface area contributed by atoms with Crippen LogP contribution in [0.15, 0.2) is 34.1 Å². The number of nitrogens with zero attached hydrogens (tertiary/aromatic N) is 3. The number of hydrogen-bond donors (Lipinski definition) is 3. The number of carbonyl (C=O) groups excluding carboxylic acids is 1. The lowest BCUT2D eigenvalue weighted by Crippen LogP contribution is -2.45. The van der Waals surface area contributed by atoms with Gasteiger partial charge in [-0.25, -0.2) is 35.8 Å². The maximum Gasteiger partial charge on any atom is 0.798 e. The molecule has 2 saturated carbocycles. The highest BCUT2D eigenvalue weighted by Gasteiger charge is 2.45. The van der Waals surface area contributed by atoms with Gasteiger partial charge < -0.3 is 44.3 Å². The molecule has 4 heterocycles. The summed E-state index contributed by atoms with van der Waals surface area (Å²) >= 11 is 0. The van der Waals surface area contributed by atoms with Crippen molar-refractivity contribution in [2.45, 2.75) is 63.6 Å². The van der Waals surface area contributed by atoms with Gasteiger partial charge in [-0.05, 0) is 24.5 Å². The standard InChI is InChI=1S/C20H22F3N3O4.C14H9BF5NO4.C7H14FN/c1-20(24)8-25(6-9(20)5-21)16-13(23)3-10-15(18(16)30-2)26(14-4-12(14)22)7-11(17(10)27)19(28)29;1-24-13-10(18)8(17)2-5-11(13)21(9-3-7(9)16)4-6(12(5)22)14(23)25-15(19)20;1-7(2)5-9-4-6(7)3-8/h3,7,9,12,14H,4-6,8,24H2,1-2H3,(H,28,29);2,4,7,9H,3H2,1H3;6,9H,3-5H2,1-2H3/t9-,12+,14-,20+;7-,9+;6-/m101/s1. The number of carboxylic acid groups (broad SMARTS) is 1. The molecule has 4 aromatic rings. The summed E-state index contributed by atoms with van der Waals surface area (Å²) in [7, 11) is -1.18. The molecule has 4 N–H and O–H groups in total. The number of anilines is 1. The molecule has 13 nitrogen and oxygen atoms in total. The smallest absolute Gasteiger partial charge is 0.492 e. The minimum absolute atomic E-state index is 0.00934.